The van der Waals surface area contributed by atoms with Crippen LogP contribution < -0.4 is 4.74 Å². The fourth-order valence-electron chi connectivity index (χ4n) is 5.62. The van der Waals surface area contributed by atoms with E-state index in [1.54, 1.807) is 12.1 Å². The number of carbonyl (C=O) groups is 3. The molecule has 0 spiro atoms. The average Bonchev–Trinajstić information content (AvgIpc) is 3.24. The number of esters is 3. The lowest BCUT2D eigenvalue weighted by molar-refractivity contribution is -0.166. The molecule has 6 aromatic rings. The number of aromatic hydroxyl groups is 1. The third kappa shape index (κ3) is 10.3. The minimum Gasteiger partial charge on any atom is -0.507 e. The smallest absolute Gasteiger partial charge is 0.347 e. The highest BCUT2D eigenvalue weighted by Crippen LogP contribution is 2.34. The van der Waals surface area contributed by atoms with Crippen molar-refractivity contribution < 1.29 is 38.4 Å². The Labute approximate surface area is 336 Å². The number of ether oxygens (including phenoxy) is 4. The molecule has 0 saturated heterocycles. The van der Waals surface area contributed by atoms with Gasteiger partial charge in [-0.15, -0.1) is 0 Å². The number of carbonyl (C=O) groups excluding carboxylic acids is 3. The normalized spacial score (nSPS) is 11.8. The lowest BCUT2D eigenvalue weighted by atomic mass is 10.0. The summed E-state index contributed by atoms with van der Waals surface area (Å²) in [7, 11) is 0. The predicted molar refractivity (Wildman–Crippen MR) is 220 cm³/mol. The minimum absolute atomic E-state index is 0.113. The van der Waals surface area contributed by atoms with E-state index >= 15 is 0 Å². The Hall–Kier alpha value is -7.40. The van der Waals surface area contributed by atoms with Gasteiger partial charge in [-0.3, -0.25) is 0 Å². The number of aromatic nitrogens is 3. The van der Waals surface area contributed by atoms with Crippen molar-refractivity contribution in [2.75, 3.05) is 13.2 Å². The number of phenols is 1. The zero-order chi connectivity index (χ0) is 41.2. The van der Waals surface area contributed by atoms with Crippen LogP contribution in [0.3, 0.4) is 0 Å². The number of benzene rings is 5. The molecule has 1 aromatic heterocycles. The van der Waals surface area contributed by atoms with Crippen LogP contribution in [0.2, 0.25) is 0 Å². The Morgan fingerprint density at radius 3 is 1.52 bits per heavy atom. The van der Waals surface area contributed by atoms with Crippen molar-refractivity contribution in [1.82, 2.24) is 15.0 Å². The molecule has 0 aliphatic carbocycles. The number of hydrogen-bond acceptors (Lipinski definition) is 11. The van der Waals surface area contributed by atoms with Crippen molar-refractivity contribution in [1.29, 1.82) is 0 Å². The van der Waals surface area contributed by atoms with Crippen LogP contribution >= 0.6 is 0 Å². The van der Waals surface area contributed by atoms with E-state index in [-0.39, 0.29) is 35.1 Å². The van der Waals surface area contributed by atoms with Gasteiger partial charge in [0.15, 0.2) is 29.7 Å². The molecule has 0 fully saturated rings. The van der Waals surface area contributed by atoms with Gasteiger partial charge >= 0.3 is 17.9 Å². The molecule has 0 amide bonds. The largest absolute Gasteiger partial charge is 0.507 e. The van der Waals surface area contributed by atoms with Gasteiger partial charge in [0.2, 0.25) is 0 Å². The van der Waals surface area contributed by atoms with E-state index < -0.39 is 36.7 Å². The molecule has 0 bridgehead atoms. The summed E-state index contributed by atoms with van der Waals surface area (Å²) in [6.07, 6.45) is -2.25. The van der Waals surface area contributed by atoms with E-state index in [9.17, 15) is 19.5 Å². The zero-order valence-electron chi connectivity index (χ0n) is 32.3. The number of phenolic OH excluding ortho intramolecular Hbond substituents is 1. The first-order valence-corrected chi connectivity index (χ1v) is 18.4. The van der Waals surface area contributed by atoms with Crippen molar-refractivity contribution in [2.45, 2.75) is 33.0 Å². The van der Waals surface area contributed by atoms with Crippen LogP contribution in [0.15, 0.2) is 152 Å². The van der Waals surface area contributed by atoms with Gasteiger partial charge in [-0.1, -0.05) is 122 Å². The van der Waals surface area contributed by atoms with Gasteiger partial charge < -0.3 is 24.1 Å². The van der Waals surface area contributed by atoms with E-state index in [2.05, 4.69) is 13.2 Å². The van der Waals surface area contributed by atoms with Gasteiger partial charge in [0, 0.05) is 28.3 Å². The molecular weight excluding hydrogens is 735 g/mol. The summed E-state index contributed by atoms with van der Waals surface area (Å²) >= 11 is 0. The predicted octanol–water partition coefficient (Wildman–Crippen LogP) is 8.83. The van der Waals surface area contributed by atoms with Crippen LogP contribution in [0.5, 0.6) is 11.5 Å². The third-order valence-corrected chi connectivity index (χ3v) is 8.77. The topological polar surface area (TPSA) is 147 Å². The Morgan fingerprint density at radius 2 is 1.03 bits per heavy atom. The molecule has 11 nitrogen and oxygen atoms in total. The van der Waals surface area contributed by atoms with Crippen LogP contribution in [0.25, 0.3) is 56.4 Å². The minimum atomic E-state index is -1.14. The van der Waals surface area contributed by atoms with E-state index in [1.807, 2.05) is 109 Å². The molecule has 0 aliphatic rings. The van der Waals surface area contributed by atoms with Gasteiger partial charge in [0.1, 0.15) is 24.7 Å². The first-order valence-electron chi connectivity index (χ1n) is 18.4. The van der Waals surface area contributed by atoms with Crippen LogP contribution in [0, 0.1) is 0 Å². The first kappa shape index (κ1) is 40.3. The Morgan fingerprint density at radius 1 is 0.586 bits per heavy atom. The maximum Gasteiger partial charge on any atom is 0.347 e. The molecule has 2 atom stereocenters. The number of hydrogen-bond donors (Lipinski definition) is 1. The lowest BCUT2D eigenvalue weighted by Crippen LogP contribution is -2.34. The summed E-state index contributed by atoms with van der Waals surface area (Å²) in [5.41, 5.74) is 6.31. The van der Waals surface area contributed by atoms with Crippen molar-refractivity contribution in [3.8, 4) is 67.9 Å². The second kappa shape index (κ2) is 18.5. The monoisotopic (exact) mass is 775 g/mol. The molecule has 1 N–H and O–H groups in total. The summed E-state index contributed by atoms with van der Waals surface area (Å²) < 4.78 is 21.5. The molecule has 6 rings (SSSR count). The Bertz CT molecular complexity index is 2330. The zero-order valence-corrected chi connectivity index (χ0v) is 32.3. The average molecular weight is 776 g/mol. The van der Waals surface area contributed by atoms with E-state index in [0.717, 1.165) is 33.4 Å². The van der Waals surface area contributed by atoms with Crippen LogP contribution in [-0.2, 0) is 28.6 Å². The highest BCUT2D eigenvalue weighted by molar-refractivity contribution is 5.88. The van der Waals surface area contributed by atoms with Crippen molar-refractivity contribution in [3.63, 3.8) is 0 Å². The maximum atomic E-state index is 12.9. The molecule has 2 unspecified atom stereocenters. The SMILES string of the molecule is C=C(C)C(=O)OCC(COC(=O)C(C)Oc1ccc(-c2nc(-c3ccc(-c4ccccc4)cc3)nc(-c3ccc(-c4ccccc4)cc3)n2)c(O)c1)OC(=O)C(=C)C. The van der Waals surface area contributed by atoms with Crippen LogP contribution in [0.1, 0.15) is 20.8 Å². The Balaban J connectivity index is 1.23. The second-order valence-electron chi connectivity index (χ2n) is 13.4. The maximum absolute atomic E-state index is 12.9. The van der Waals surface area contributed by atoms with E-state index in [1.165, 1.54) is 26.8 Å². The van der Waals surface area contributed by atoms with Gasteiger partial charge in [0.25, 0.3) is 0 Å². The summed E-state index contributed by atoms with van der Waals surface area (Å²) in [4.78, 5) is 51.4. The third-order valence-electron chi connectivity index (χ3n) is 8.77. The lowest BCUT2D eigenvalue weighted by Gasteiger charge is -2.20. The van der Waals surface area contributed by atoms with Gasteiger partial charge in [0.05, 0.1) is 5.56 Å². The van der Waals surface area contributed by atoms with E-state index in [4.69, 9.17) is 33.9 Å². The highest BCUT2D eigenvalue weighted by Gasteiger charge is 2.24. The summed E-state index contributed by atoms with van der Waals surface area (Å²) in [6.45, 7) is 10.6. The molecule has 0 saturated carbocycles. The molecule has 0 aliphatic heterocycles. The fourth-order valence-corrected chi connectivity index (χ4v) is 5.62. The van der Waals surface area contributed by atoms with Gasteiger partial charge in [-0.25, -0.2) is 29.3 Å². The standard InChI is InChI=1S/C47H41N3O8/c1-29(2)45(52)55-27-39(58-46(53)30(3)4)28-56-47(54)31(5)57-38-24-25-40(41(51)26-38)44-49-42(36-20-16-34(17-21-36)32-12-8-6-9-13-32)48-43(50-44)37-22-18-35(19-23-37)33-14-10-7-11-15-33/h6-26,31,39,51H,1,3,27-28H2,2,4-5H3. The molecular formula is C47H41N3O8. The molecule has 11 heteroatoms. The molecule has 292 valence electrons. The van der Waals surface area contributed by atoms with Gasteiger partial charge in [-0.2, -0.15) is 0 Å². The molecule has 0 radical (unpaired) electrons. The van der Waals surface area contributed by atoms with E-state index in [0.29, 0.717) is 17.2 Å². The summed E-state index contributed by atoms with van der Waals surface area (Å²) in [5, 5.41) is 11.3. The summed E-state index contributed by atoms with van der Waals surface area (Å²) in [6, 6.07) is 40.4. The second-order valence-corrected chi connectivity index (χ2v) is 13.4. The molecule has 1 heterocycles. The molecule has 5 aromatic carbocycles. The van der Waals surface area contributed by atoms with Gasteiger partial charge in [-0.05, 0) is 55.2 Å². The Kier molecular flexibility index (Phi) is 12.8. The van der Waals surface area contributed by atoms with Crippen LogP contribution in [0.4, 0.5) is 0 Å². The number of rotatable bonds is 15. The van der Waals surface area contributed by atoms with Crippen molar-refractivity contribution in [3.05, 3.63) is 152 Å². The number of nitrogens with zero attached hydrogens (tertiary/aromatic N) is 3. The van der Waals surface area contributed by atoms with Crippen molar-refractivity contribution in [2.24, 2.45) is 0 Å². The van der Waals surface area contributed by atoms with Crippen LogP contribution in [-0.4, -0.2) is 63.4 Å². The van der Waals surface area contributed by atoms with Crippen molar-refractivity contribution >= 4 is 17.9 Å². The first-order chi connectivity index (χ1) is 27.9. The highest BCUT2D eigenvalue weighted by atomic mass is 16.6. The summed E-state index contributed by atoms with van der Waals surface area (Å²) in [5.74, 6) is -1.24. The quantitative estimate of drug-likeness (QED) is 0.0606. The molecule has 58 heavy (non-hydrogen) atoms. The fraction of sp³-hybridized carbons (Fsp3) is 0.149.